The normalized spacial score (nSPS) is 17.7. The van der Waals surface area contributed by atoms with Crippen molar-refractivity contribution in [3.05, 3.63) is 18.2 Å². The van der Waals surface area contributed by atoms with Gasteiger partial charge < -0.3 is 15.4 Å². The van der Waals surface area contributed by atoms with E-state index in [2.05, 4.69) is 0 Å². The Hall–Kier alpha value is -2.28. The third kappa shape index (κ3) is 2.60. The number of carbonyl (C=O) groups excluding carboxylic acids is 2. The molecule has 1 unspecified atom stereocenters. The second-order valence-electron chi connectivity index (χ2n) is 4.29. The number of carbonyl (C=O) groups is 2. The Morgan fingerprint density at radius 1 is 1.53 bits per heavy atom. The van der Waals surface area contributed by atoms with Gasteiger partial charge in [0.25, 0.3) is 5.91 Å². The summed E-state index contributed by atoms with van der Waals surface area (Å²) in [5, 5.41) is 0. The zero-order chi connectivity index (χ0) is 14.0. The summed E-state index contributed by atoms with van der Waals surface area (Å²) in [4.78, 5) is 24.8. The molecule has 1 aromatic carbocycles. The number of fused-ring (bicyclic) bond motifs is 1. The van der Waals surface area contributed by atoms with Crippen molar-refractivity contribution in [1.82, 2.24) is 5.43 Å². The van der Waals surface area contributed by atoms with Gasteiger partial charge in [0.05, 0.1) is 5.69 Å². The predicted octanol–water partition coefficient (Wildman–Crippen LogP) is -0.237. The quantitative estimate of drug-likeness (QED) is 0.302. The summed E-state index contributed by atoms with van der Waals surface area (Å²) >= 11 is 0. The van der Waals surface area contributed by atoms with Gasteiger partial charge >= 0.3 is 0 Å². The van der Waals surface area contributed by atoms with Crippen LogP contribution >= 0.6 is 0 Å². The Bertz CT molecular complexity index is 518. The topological polar surface area (TPSA) is 111 Å². The zero-order valence-corrected chi connectivity index (χ0v) is 10.6. The highest BCUT2D eigenvalue weighted by Crippen LogP contribution is 2.35. The SMILES string of the molecule is CC1Oc2cc(N)ccc2N(CCC(=O)NN)C1=O. The highest BCUT2D eigenvalue weighted by Gasteiger charge is 2.31. The lowest BCUT2D eigenvalue weighted by Gasteiger charge is -2.33. The van der Waals surface area contributed by atoms with Crippen LogP contribution in [0.25, 0.3) is 0 Å². The summed E-state index contributed by atoms with van der Waals surface area (Å²) in [6, 6.07) is 5.05. The molecule has 0 radical (unpaired) electrons. The monoisotopic (exact) mass is 264 g/mol. The molecule has 1 aliphatic rings. The molecule has 0 fully saturated rings. The van der Waals surface area contributed by atoms with Crippen molar-refractivity contribution in [2.24, 2.45) is 5.84 Å². The molecule has 0 bridgehead atoms. The van der Waals surface area contributed by atoms with Crippen molar-refractivity contribution in [1.29, 1.82) is 0 Å². The summed E-state index contributed by atoms with van der Waals surface area (Å²) in [5.74, 6) is 5.04. The minimum absolute atomic E-state index is 0.124. The molecule has 0 spiro atoms. The minimum Gasteiger partial charge on any atom is -0.479 e. The molecule has 0 saturated heterocycles. The highest BCUT2D eigenvalue weighted by atomic mass is 16.5. The van der Waals surface area contributed by atoms with Gasteiger partial charge in [-0.2, -0.15) is 0 Å². The Morgan fingerprint density at radius 3 is 2.95 bits per heavy atom. The first-order valence-electron chi connectivity index (χ1n) is 5.90. The van der Waals surface area contributed by atoms with Gasteiger partial charge in [0.15, 0.2) is 6.10 Å². The van der Waals surface area contributed by atoms with Gasteiger partial charge in [0.1, 0.15) is 5.75 Å². The van der Waals surface area contributed by atoms with Gasteiger partial charge in [-0.3, -0.25) is 15.0 Å². The molecular weight excluding hydrogens is 248 g/mol. The van der Waals surface area contributed by atoms with Crippen molar-refractivity contribution in [3.8, 4) is 5.75 Å². The average Bonchev–Trinajstić information content (AvgIpc) is 2.39. The minimum atomic E-state index is -0.602. The fourth-order valence-corrected chi connectivity index (χ4v) is 1.94. The van der Waals surface area contributed by atoms with Crippen LogP contribution in [0.4, 0.5) is 11.4 Å². The molecular formula is C12H16N4O3. The van der Waals surface area contributed by atoms with Crippen LogP contribution in [0, 0.1) is 0 Å². The van der Waals surface area contributed by atoms with E-state index in [9.17, 15) is 9.59 Å². The largest absolute Gasteiger partial charge is 0.479 e. The van der Waals surface area contributed by atoms with E-state index in [-0.39, 0.29) is 24.8 Å². The van der Waals surface area contributed by atoms with Crippen molar-refractivity contribution in [3.63, 3.8) is 0 Å². The van der Waals surface area contributed by atoms with Gasteiger partial charge in [-0.15, -0.1) is 0 Å². The second kappa shape index (κ2) is 5.15. The molecule has 102 valence electrons. The maximum Gasteiger partial charge on any atom is 0.267 e. The first-order valence-corrected chi connectivity index (χ1v) is 5.90. The highest BCUT2D eigenvalue weighted by molar-refractivity contribution is 6.00. The molecule has 0 aromatic heterocycles. The zero-order valence-electron chi connectivity index (χ0n) is 10.6. The van der Waals surface area contributed by atoms with Crippen LogP contribution in [0.1, 0.15) is 13.3 Å². The molecule has 5 N–H and O–H groups in total. The lowest BCUT2D eigenvalue weighted by atomic mass is 10.1. The Morgan fingerprint density at radius 2 is 2.26 bits per heavy atom. The summed E-state index contributed by atoms with van der Waals surface area (Å²) < 4.78 is 5.49. The van der Waals surface area contributed by atoms with Gasteiger partial charge in [0, 0.05) is 24.7 Å². The number of nitrogens with zero attached hydrogens (tertiary/aromatic N) is 1. The smallest absolute Gasteiger partial charge is 0.267 e. The second-order valence-corrected chi connectivity index (χ2v) is 4.29. The maximum absolute atomic E-state index is 12.1. The number of hydrazine groups is 1. The molecule has 2 amide bonds. The van der Waals surface area contributed by atoms with E-state index in [0.29, 0.717) is 17.1 Å². The first kappa shape index (κ1) is 13.2. The summed E-state index contributed by atoms with van der Waals surface area (Å²) in [6.45, 7) is 1.90. The number of nitrogens with one attached hydrogen (secondary N) is 1. The van der Waals surface area contributed by atoms with Crippen molar-refractivity contribution in [2.75, 3.05) is 17.2 Å². The maximum atomic E-state index is 12.1. The van der Waals surface area contributed by atoms with Crippen LogP contribution in [0.2, 0.25) is 0 Å². The molecule has 0 aliphatic carbocycles. The van der Waals surface area contributed by atoms with Crippen molar-refractivity contribution in [2.45, 2.75) is 19.4 Å². The summed E-state index contributed by atoms with van der Waals surface area (Å²) in [6.07, 6.45) is -0.478. The van der Waals surface area contributed by atoms with E-state index < -0.39 is 6.10 Å². The summed E-state index contributed by atoms with van der Waals surface area (Å²) in [7, 11) is 0. The van der Waals surface area contributed by atoms with Crippen LogP contribution < -0.4 is 26.6 Å². The number of ether oxygens (including phenoxy) is 1. The van der Waals surface area contributed by atoms with Crippen LogP contribution in [0.3, 0.4) is 0 Å². The van der Waals surface area contributed by atoms with Crippen LogP contribution in [0.5, 0.6) is 5.75 Å². The molecule has 1 aliphatic heterocycles. The molecule has 0 saturated carbocycles. The molecule has 1 heterocycles. The van der Waals surface area contributed by atoms with E-state index in [4.69, 9.17) is 16.3 Å². The summed E-state index contributed by atoms with van der Waals surface area (Å²) in [5.41, 5.74) is 8.89. The number of benzene rings is 1. The number of nitrogen functional groups attached to an aromatic ring is 1. The first-order chi connectivity index (χ1) is 9.02. The number of hydrogen-bond acceptors (Lipinski definition) is 5. The van der Waals surface area contributed by atoms with E-state index >= 15 is 0 Å². The standard InChI is InChI=1S/C12H16N4O3/c1-7-12(18)16(5-4-11(17)15-14)9-3-2-8(13)6-10(9)19-7/h2-3,6-7H,4-5,13-14H2,1H3,(H,15,17). The number of nitrogens with two attached hydrogens (primary N) is 2. The molecule has 1 aromatic rings. The third-order valence-corrected chi connectivity index (χ3v) is 2.92. The van der Waals surface area contributed by atoms with Gasteiger partial charge in [-0.1, -0.05) is 0 Å². The lowest BCUT2D eigenvalue weighted by molar-refractivity contribution is -0.125. The molecule has 2 rings (SSSR count). The molecule has 1 atom stereocenters. The average molecular weight is 264 g/mol. The van der Waals surface area contributed by atoms with Crippen LogP contribution in [0.15, 0.2) is 18.2 Å². The van der Waals surface area contributed by atoms with E-state index in [1.54, 1.807) is 25.1 Å². The van der Waals surface area contributed by atoms with E-state index in [0.717, 1.165) is 0 Å². The Kier molecular flexibility index (Phi) is 3.57. The molecule has 7 nitrogen and oxygen atoms in total. The van der Waals surface area contributed by atoms with Gasteiger partial charge in [0.2, 0.25) is 5.91 Å². The number of amides is 2. The van der Waals surface area contributed by atoms with E-state index in [1.165, 1.54) is 4.90 Å². The third-order valence-electron chi connectivity index (χ3n) is 2.92. The fraction of sp³-hybridized carbons (Fsp3) is 0.333. The van der Waals surface area contributed by atoms with Gasteiger partial charge in [-0.05, 0) is 19.1 Å². The number of rotatable bonds is 3. The number of anilines is 2. The molecule has 19 heavy (non-hydrogen) atoms. The van der Waals surface area contributed by atoms with Crippen LogP contribution in [-0.4, -0.2) is 24.5 Å². The van der Waals surface area contributed by atoms with Crippen molar-refractivity contribution >= 4 is 23.2 Å². The van der Waals surface area contributed by atoms with E-state index in [1.807, 2.05) is 5.43 Å². The Labute approximate surface area is 110 Å². The van der Waals surface area contributed by atoms with Crippen LogP contribution in [-0.2, 0) is 9.59 Å². The fourth-order valence-electron chi connectivity index (χ4n) is 1.94. The van der Waals surface area contributed by atoms with Gasteiger partial charge in [-0.25, -0.2) is 5.84 Å². The lowest BCUT2D eigenvalue weighted by Crippen LogP contribution is -2.46. The van der Waals surface area contributed by atoms with Crippen molar-refractivity contribution < 1.29 is 14.3 Å². The molecule has 7 heteroatoms. The Balaban J connectivity index is 2.26. The number of hydrogen-bond donors (Lipinski definition) is 3. The predicted molar refractivity (Wildman–Crippen MR) is 70.2 cm³/mol.